The molecule has 1 saturated carbocycles. The smallest absolute Gasteiger partial charge is 0.254 e. The van der Waals surface area contributed by atoms with E-state index in [1.165, 1.54) is 12.8 Å². The molecule has 2 fully saturated rings. The van der Waals surface area contributed by atoms with E-state index in [0.29, 0.717) is 23.7 Å². The summed E-state index contributed by atoms with van der Waals surface area (Å²) in [6.07, 6.45) is 4.70. The van der Waals surface area contributed by atoms with Crippen LogP contribution in [0.3, 0.4) is 0 Å². The summed E-state index contributed by atoms with van der Waals surface area (Å²) in [6.45, 7) is 1.31. The lowest BCUT2D eigenvalue weighted by Gasteiger charge is -2.43. The van der Waals surface area contributed by atoms with Crippen molar-refractivity contribution in [1.82, 2.24) is 4.90 Å². The Labute approximate surface area is 132 Å². The number of benzene rings is 1. The second kappa shape index (κ2) is 6.04. The Hall–Kier alpha value is -0.580. The molecule has 2 atom stereocenters. The molecule has 108 valence electrons. The molecule has 3 nitrogen and oxygen atoms in total. The average molecular weight is 359 g/mol. The third-order valence-electron chi connectivity index (χ3n) is 4.16. The number of fused-ring (bicyclic) bond motifs is 1. The monoisotopic (exact) mass is 357 g/mol. The maximum atomic E-state index is 12.7. The fraction of sp³-hybridized carbons (Fsp3) is 0.533. The van der Waals surface area contributed by atoms with Gasteiger partial charge in [-0.05, 0) is 47.0 Å². The molecule has 1 heterocycles. The molecular weight excluding hydrogens is 342 g/mol. The Balaban J connectivity index is 1.83. The predicted molar refractivity (Wildman–Crippen MR) is 82.2 cm³/mol. The Morgan fingerprint density at radius 3 is 2.95 bits per heavy atom. The lowest BCUT2D eigenvalue weighted by molar-refractivity contribution is -0.0752. The van der Waals surface area contributed by atoms with Crippen LogP contribution in [0.15, 0.2) is 22.7 Å². The Kier molecular flexibility index (Phi) is 4.34. The number of amides is 1. The van der Waals surface area contributed by atoms with Crippen molar-refractivity contribution < 1.29 is 9.53 Å². The average Bonchev–Trinajstić information content (AvgIpc) is 2.49. The van der Waals surface area contributed by atoms with Crippen LogP contribution in [0.5, 0.6) is 0 Å². The standard InChI is InChI=1S/C15H17BrClNO2/c16-11-6-5-10(9-12(11)17)15(19)18-7-8-20-14-4-2-1-3-13(14)18/h5-6,9,13-14H,1-4,7-8H2. The lowest BCUT2D eigenvalue weighted by atomic mass is 9.89. The van der Waals surface area contributed by atoms with Crippen molar-refractivity contribution in [1.29, 1.82) is 0 Å². The van der Waals surface area contributed by atoms with Gasteiger partial charge in [-0.2, -0.15) is 0 Å². The summed E-state index contributed by atoms with van der Waals surface area (Å²) in [5.41, 5.74) is 0.657. The van der Waals surface area contributed by atoms with Gasteiger partial charge >= 0.3 is 0 Å². The van der Waals surface area contributed by atoms with Gasteiger partial charge in [0.05, 0.1) is 23.8 Å². The second-order valence-electron chi connectivity index (χ2n) is 5.39. The number of hydrogen-bond donors (Lipinski definition) is 0. The molecule has 1 aromatic carbocycles. The number of ether oxygens (including phenoxy) is 1. The third kappa shape index (κ3) is 2.74. The molecule has 3 rings (SSSR count). The van der Waals surface area contributed by atoms with Gasteiger partial charge in [0.1, 0.15) is 0 Å². The van der Waals surface area contributed by atoms with Crippen LogP contribution >= 0.6 is 27.5 Å². The molecule has 0 spiro atoms. The minimum atomic E-state index is 0.0691. The molecule has 2 unspecified atom stereocenters. The van der Waals surface area contributed by atoms with Crippen LogP contribution in [0.2, 0.25) is 5.02 Å². The maximum Gasteiger partial charge on any atom is 0.254 e. The van der Waals surface area contributed by atoms with Crippen molar-refractivity contribution in [2.75, 3.05) is 13.2 Å². The number of halogens is 2. The SMILES string of the molecule is O=C(c1ccc(Br)c(Cl)c1)N1CCOC2CCCCC21. The molecule has 5 heteroatoms. The van der Waals surface area contributed by atoms with Crippen molar-refractivity contribution >= 4 is 33.4 Å². The quantitative estimate of drug-likeness (QED) is 0.762. The van der Waals surface area contributed by atoms with Crippen molar-refractivity contribution in [2.24, 2.45) is 0 Å². The number of morpholine rings is 1. The molecule has 20 heavy (non-hydrogen) atoms. The molecule has 0 N–H and O–H groups in total. The molecule has 0 bridgehead atoms. The molecular formula is C15H17BrClNO2. The second-order valence-corrected chi connectivity index (χ2v) is 6.65. The largest absolute Gasteiger partial charge is 0.374 e. The highest BCUT2D eigenvalue weighted by atomic mass is 79.9. The van der Waals surface area contributed by atoms with Gasteiger partial charge in [-0.25, -0.2) is 0 Å². The van der Waals surface area contributed by atoms with Crippen LogP contribution in [0, 0.1) is 0 Å². The number of nitrogens with zero attached hydrogens (tertiary/aromatic N) is 1. The maximum absolute atomic E-state index is 12.7. The molecule has 0 radical (unpaired) electrons. The molecule has 1 saturated heterocycles. The normalized spacial score (nSPS) is 26.2. The van der Waals surface area contributed by atoms with Crippen LogP contribution in [-0.4, -0.2) is 36.1 Å². The van der Waals surface area contributed by atoms with Crippen LogP contribution in [0.4, 0.5) is 0 Å². The lowest BCUT2D eigenvalue weighted by Crippen LogP contribution is -2.54. The van der Waals surface area contributed by atoms with Gasteiger partial charge in [-0.3, -0.25) is 4.79 Å². The first kappa shape index (κ1) is 14.4. The molecule has 1 amide bonds. The van der Waals surface area contributed by atoms with Gasteiger partial charge in [0.25, 0.3) is 5.91 Å². The van der Waals surface area contributed by atoms with E-state index in [9.17, 15) is 4.79 Å². The van der Waals surface area contributed by atoms with E-state index in [0.717, 1.165) is 17.3 Å². The van der Waals surface area contributed by atoms with Crippen LogP contribution in [0.1, 0.15) is 36.0 Å². The summed E-state index contributed by atoms with van der Waals surface area (Å²) < 4.78 is 6.63. The summed E-state index contributed by atoms with van der Waals surface area (Å²) in [4.78, 5) is 14.7. The topological polar surface area (TPSA) is 29.5 Å². The van der Waals surface area contributed by atoms with E-state index in [2.05, 4.69) is 15.9 Å². The van der Waals surface area contributed by atoms with E-state index in [-0.39, 0.29) is 18.1 Å². The van der Waals surface area contributed by atoms with Gasteiger partial charge in [0.2, 0.25) is 0 Å². The summed E-state index contributed by atoms with van der Waals surface area (Å²) in [5, 5.41) is 0.573. The number of carbonyl (C=O) groups is 1. The zero-order valence-corrected chi connectivity index (χ0v) is 13.5. The molecule has 1 aliphatic carbocycles. The zero-order valence-electron chi connectivity index (χ0n) is 11.1. The van der Waals surface area contributed by atoms with Gasteiger partial charge in [0, 0.05) is 16.6 Å². The predicted octanol–water partition coefficient (Wildman–Crippen LogP) is 3.89. The Bertz CT molecular complexity index is 521. The molecule has 2 aliphatic rings. The van der Waals surface area contributed by atoms with E-state index < -0.39 is 0 Å². The first-order chi connectivity index (χ1) is 9.66. The zero-order chi connectivity index (χ0) is 14.1. The summed E-state index contributed by atoms with van der Waals surface area (Å²) in [7, 11) is 0. The number of hydrogen-bond acceptors (Lipinski definition) is 2. The van der Waals surface area contributed by atoms with E-state index in [4.69, 9.17) is 16.3 Å². The summed E-state index contributed by atoms with van der Waals surface area (Å²) in [6, 6.07) is 5.62. The summed E-state index contributed by atoms with van der Waals surface area (Å²) >= 11 is 9.44. The van der Waals surface area contributed by atoms with Crippen LogP contribution in [0.25, 0.3) is 0 Å². The van der Waals surface area contributed by atoms with Crippen molar-refractivity contribution in [3.05, 3.63) is 33.3 Å². The number of carbonyl (C=O) groups excluding carboxylic acids is 1. The van der Waals surface area contributed by atoms with Crippen molar-refractivity contribution in [2.45, 2.75) is 37.8 Å². The van der Waals surface area contributed by atoms with Gasteiger partial charge in [0.15, 0.2) is 0 Å². The Morgan fingerprint density at radius 2 is 2.15 bits per heavy atom. The highest BCUT2D eigenvalue weighted by Crippen LogP contribution is 2.30. The Morgan fingerprint density at radius 1 is 1.35 bits per heavy atom. The van der Waals surface area contributed by atoms with E-state index >= 15 is 0 Å². The minimum Gasteiger partial charge on any atom is -0.374 e. The molecule has 1 aromatic rings. The first-order valence-corrected chi connectivity index (χ1v) is 8.21. The fourth-order valence-electron chi connectivity index (χ4n) is 3.14. The first-order valence-electron chi connectivity index (χ1n) is 7.04. The third-order valence-corrected chi connectivity index (χ3v) is 5.39. The van der Waals surface area contributed by atoms with Gasteiger partial charge in [-0.1, -0.05) is 24.4 Å². The minimum absolute atomic E-state index is 0.0691. The van der Waals surface area contributed by atoms with Crippen molar-refractivity contribution in [3.8, 4) is 0 Å². The molecule has 1 aliphatic heterocycles. The summed E-state index contributed by atoms with van der Waals surface area (Å²) in [5.74, 6) is 0.0691. The van der Waals surface area contributed by atoms with Gasteiger partial charge in [-0.15, -0.1) is 0 Å². The fourth-order valence-corrected chi connectivity index (χ4v) is 3.57. The van der Waals surface area contributed by atoms with Crippen LogP contribution in [-0.2, 0) is 4.74 Å². The van der Waals surface area contributed by atoms with E-state index in [1.54, 1.807) is 6.07 Å². The van der Waals surface area contributed by atoms with Gasteiger partial charge < -0.3 is 9.64 Å². The highest BCUT2D eigenvalue weighted by Gasteiger charge is 2.36. The van der Waals surface area contributed by atoms with E-state index in [1.807, 2.05) is 17.0 Å². The molecule has 0 aromatic heterocycles. The number of rotatable bonds is 1. The highest BCUT2D eigenvalue weighted by molar-refractivity contribution is 9.10. The van der Waals surface area contributed by atoms with Crippen LogP contribution < -0.4 is 0 Å². The van der Waals surface area contributed by atoms with Crippen molar-refractivity contribution in [3.63, 3.8) is 0 Å².